The number of nitrogens with one attached hydrogen (secondary N) is 1. The zero-order valence-corrected chi connectivity index (χ0v) is 18.7. The molecular formula is C21H32N4O2S. The quantitative estimate of drug-likeness (QED) is 0.512. The van der Waals surface area contributed by atoms with Gasteiger partial charge in [-0.15, -0.1) is 11.3 Å². The Hall–Kier alpha value is -2.28. The van der Waals surface area contributed by atoms with Crippen LogP contribution in [-0.2, 0) is 12.8 Å². The number of aryl methyl sites for hydroxylation is 2. The fourth-order valence-electron chi connectivity index (χ4n) is 2.98. The largest absolute Gasteiger partial charge is 0.493 e. The monoisotopic (exact) mass is 404 g/mol. The number of ether oxygens (including phenoxy) is 2. The van der Waals surface area contributed by atoms with Gasteiger partial charge in [-0.1, -0.05) is 6.07 Å². The molecule has 7 heteroatoms. The molecule has 0 saturated heterocycles. The number of likely N-dealkylation sites (N-methyl/N-ethyl adjacent to an activating group) is 1. The lowest BCUT2D eigenvalue weighted by Gasteiger charge is -2.22. The minimum atomic E-state index is 0.753. The third-order valence-electron chi connectivity index (χ3n) is 4.48. The molecule has 0 fully saturated rings. The van der Waals surface area contributed by atoms with Crippen LogP contribution < -0.4 is 14.8 Å². The van der Waals surface area contributed by atoms with Gasteiger partial charge in [0.1, 0.15) is 0 Å². The van der Waals surface area contributed by atoms with Gasteiger partial charge in [-0.05, 0) is 44.9 Å². The van der Waals surface area contributed by atoms with Crippen molar-refractivity contribution in [2.45, 2.75) is 33.6 Å². The standard InChI is InChI=1S/C21H32N4O2S/c1-7-22-21(23-12-10-20-15(2)24-16(3)28-20)25(4)13-11-17-8-9-18(26-5)19(14-17)27-6/h8-9,14H,7,10-13H2,1-6H3,(H,22,23). The molecule has 0 spiro atoms. The van der Waals surface area contributed by atoms with E-state index in [-0.39, 0.29) is 0 Å². The van der Waals surface area contributed by atoms with E-state index in [0.29, 0.717) is 0 Å². The number of guanidine groups is 1. The molecule has 0 unspecified atom stereocenters. The number of thiazole rings is 1. The van der Waals surface area contributed by atoms with Crippen molar-refractivity contribution < 1.29 is 9.47 Å². The maximum absolute atomic E-state index is 5.40. The Kier molecular flexibility index (Phi) is 8.57. The highest BCUT2D eigenvalue weighted by Crippen LogP contribution is 2.27. The molecule has 6 nitrogen and oxygen atoms in total. The lowest BCUT2D eigenvalue weighted by Crippen LogP contribution is -2.40. The zero-order valence-electron chi connectivity index (χ0n) is 17.8. The average molecular weight is 405 g/mol. The highest BCUT2D eigenvalue weighted by atomic mass is 32.1. The van der Waals surface area contributed by atoms with Crippen LogP contribution in [0.4, 0.5) is 0 Å². The highest BCUT2D eigenvalue weighted by molar-refractivity contribution is 7.11. The molecule has 154 valence electrons. The van der Waals surface area contributed by atoms with E-state index in [2.05, 4.69) is 49.1 Å². The van der Waals surface area contributed by atoms with Crippen molar-refractivity contribution >= 4 is 17.3 Å². The molecule has 1 aromatic heterocycles. The Bertz CT molecular complexity index is 789. The summed E-state index contributed by atoms with van der Waals surface area (Å²) in [5, 5.41) is 4.51. The smallest absolute Gasteiger partial charge is 0.193 e. The molecular weight excluding hydrogens is 372 g/mol. The normalized spacial score (nSPS) is 11.4. The van der Waals surface area contributed by atoms with E-state index in [1.54, 1.807) is 25.6 Å². The van der Waals surface area contributed by atoms with Crippen LogP contribution in [0.15, 0.2) is 23.2 Å². The second-order valence-electron chi connectivity index (χ2n) is 6.59. The van der Waals surface area contributed by atoms with Gasteiger partial charge in [0.2, 0.25) is 0 Å². The summed E-state index contributed by atoms with van der Waals surface area (Å²) in [7, 11) is 5.39. The maximum atomic E-state index is 5.40. The van der Waals surface area contributed by atoms with Crippen molar-refractivity contribution in [3.8, 4) is 11.5 Å². The number of methoxy groups -OCH3 is 2. The van der Waals surface area contributed by atoms with Gasteiger partial charge in [0.25, 0.3) is 0 Å². The van der Waals surface area contributed by atoms with Crippen LogP contribution in [-0.4, -0.2) is 56.7 Å². The first-order chi connectivity index (χ1) is 13.5. The zero-order chi connectivity index (χ0) is 20.5. The van der Waals surface area contributed by atoms with E-state index in [1.165, 1.54) is 10.4 Å². The minimum absolute atomic E-state index is 0.753. The van der Waals surface area contributed by atoms with E-state index in [9.17, 15) is 0 Å². The Balaban J connectivity index is 1.96. The van der Waals surface area contributed by atoms with Gasteiger partial charge in [0.05, 0.1) is 24.9 Å². The molecule has 0 aliphatic carbocycles. The average Bonchev–Trinajstić information content (AvgIpc) is 3.02. The number of benzene rings is 1. The van der Waals surface area contributed by atoms with Gasteiger partial charge >= 0.3 is 0 Å². The molecule has 1 N–H and O–H groups in total. The molecule has 0 bridgehead atoms. The van der Waals surface area contributed by atoms with Gasteiger partial charge < -0.3 is 19.7 Å². The van der Waals surface area contributed by atoms with Crippen LogP contribution >= 0.6 is 11.3 Å². The molecule has 1 heterocycles. The van der Waals surface area contributed by atoms with E-state index in [0.717, 1.165) is 60.6 Å². The molecule has 2 aromatic rings. The molecule has 0 atom stereocenters. The number of aliphatic imine (C=N–C) groups is 1. The van der Waals surface area contributed by atoms with Crippen LogP contribution in [0.2, 0.25) is 0 Å². The van der Waals surface area contributed by atoms with Crippen LogP contribution in [0.5, 0.6) is 11.5 Å². The third-order valence-corrected chi connectivity index (χ3v) is 5.61. The van der Waals surface area contributed by atoms with Crippen molar-refractivity contribution in [3.63, 3.8) is 0 Å². The molecule has 0 aliphatic heterocycles. The lowest BCUT2D eigenvalue weighted by atomic mass is 10.1. The number of rotatable bonds is 9. The topological polar surface area (TPSA) is 59.0 Å². The predicted molar refractivity (Wildman–Crippen MR) is 117 cm³/mol. The fraction of sp³-hybridized carbons (Fsp3) is 0.524. The van der Waals surface area contributed by atoms with Crippen LogP contribution in [0.1, 0.15) is 28.1 Å². The molecule has 2 rings (SSSR count). The Morgan fingerprint density at radius 3 is 2.54 bits per heavy atom. The lowest BCUT2D eigenvalue weighted by molar-refractivity contribution is 0.354. The second-order valence-corrected chi connectivity index (χ2v) is 7.88. The van der Waals surface area contributed by atoms with E-state index in [4.69, 9.17) is 14.5 Å². The summed E-state index contributed by atoms with van der Waals surface area (Å²) in [6, 6.07) is 6.06. The van der Waals surface area contributed by atoms with Crippen molar-refractivity contribution in [2.24, 2.45) is 4.99 Å². The summed E-state index contributed by atoms with van der Waals surface area (Å²) in [5.74, 6) is 2.45. The van der Waals surface area contributed by atoms with Crippen molar-refractivity contribution in [2.75, 3.05) is 40.9 Å². The predicted octanol–water partition coefficient (Wildman–Crippen LogP) is 3.46. The van der Waals surface area contributed by atoms with E-state index < -0.39 is 0 Å². The third kappa shape index (κ3) is 6.12. The van der Waals surface area contributed by atoms with Gasteiger partial charge in [0.15, 0.2) is 17.5 Å². The first kappa shape index (κ1) is 22.0. The first-order valence-corrected chi connectivity index (χ1v) is 10.4. The Labute approximate surface area is 172 Å². The first-order valence-electron chi connectivity index (χ1n) is 9.61. The molecule has 1 aromatic carbocycles. The van der Waals surface area contributed by atoms with Crippen molar-refractivity contribution in [1.82, 2.24) is 15.2 Å². The summed E-state index contributed by atoms with van der Waals surface area (Å²) < 4.78 is 10.7. The summed E-state index contributed by atoms with van der Waals surface area (Å²) >= 11 is 1.77. The molecule has 0 amide bonds. The van der Waals surface area contributed by atoms with Gasteiger partial charge in [-0.2, -0.15) is 0 Å². The van der Waals surface area contributed by atoms with Crippen molar-refractivity contribution in [3.05, 3.63) is 39.3 Å². The number of hydrogen-bond donors (Lipinski definition) is 1. The maximum Gasteiger partial charge on any atom is 0.193 e. The second kappa shape index (κ2) is 10.9. The molecule has 0 saturated carbocycles. The van der Waals surface area contributed by atoms with Crippen molar-refractivity contribution in [1.29, 1.82) is 0 Å². The molecule has 28 heavy (non-hydrogen) atoms. The Morgan fingerprint density at radius 2 is 1.93 bits per heavy atom. The molecule has 0 radical (unpaired) electrons. The van der Waals surface area contributed by atoms with Crippen LogP contribution in [0.3, 0.4) is 0 Å². The van der Waals surface area contributed by atoms with Gasteiger partial charge in [0, 0.05) is 38.0 Å². The SMILES string of the molecule is CCNC(=NCCc1sc(C)nc1C)N(C)CCc1ccc(OC)c(OC)c1. The van der Waals surface area contributed by atoms with Gasteiger partial charge in [-0.25, -0.2) is 4.98 Å². The van der Waals surface area contributed by atoms with E-state index >= 15 is 0 Å². The number of nitrogens with zero attached hydrogens (tertiary/aromatic N) is 3. The summed E-state index contributed by atoms with van der Waals surface area (Å²) in [4.78, 5) is 12.8. The number of aromatic nitrogens is 1. The highest BCUT2D eigenvalue weighted by Gasteiger charge is 2.09. The van der Waals surface area contributed by atoms with E-state index in [1.807, 2.05) is 12.1 Å². The summed E-state index contributed by atoms with van der Waals surface area (Å²) in [5.41, 5.74) is 2.33. The summed E-state index contributed by atoms with van der Waals surface area (Å²) in [6.45, 7) is 8.68. The number of hydrogen-bond acceptors (Lipinski definition) is 5. The fourth-order valence-corrected chi connectivity index (χ4v) is 3.90. The van der Waals surface area contributed by atoms with Crippen LogP contribution in [0.25, 0.3) is 0 Å². The summed E-state index contributed by atoms with van der Waals surface area (Å²) in [6.07, 6.45) is 1.82. The Morgan fingerprint density at radius 1 is 1.18 bits per heavy atom. The minimum Gasteiger partial charge on any atom is -0.493 e. The van der Waals surface area contributed by atoms with Gasteiger partial charge in [-0.3, -0.25) is 4.99 Å². The van der Waals surface area contributed by atoms with Crippen LogP contribution in [0, 0.1) is 13.8 Å². The molecule has 0 aliphatic rings.